The van der Waals surface area contributed by atoms with Crippen molar-refractivity contribution in [2.24, 2.45) is 0 Å². The Labute approximate surface area is 103 Å². The highest BCUT2D eigenvalue weighted by molar-refractivity contribution is 5.47. The molecule has 94 valence electrons. The van der Waals surface area contributed by atoms with Crippen molar-refractivity contribution in [2.75, 3.05) is 25.0 Å². The quantitative estimate of drug-likeness (QED) is 0.840. The molecule has 1 fully saturated rings. The summed E-state index contributed by atoms with van der Waals surface area (Å²) in [4.78, 5) is 0. The highest BCUT2D eigenvalue weighted by Gasteiger charge is 2.17. The van der Waals surface area contributed by atoms with Crippen molar-refractivity contribution in [2.45, 2.75) is 31.9 Å². The van der Waals surface area contributed by atoms with Gasteiger partial charge in [-0.2, -0.15) is 0 Å². The molecular weight excluding hydrogens is 215 g/mol. The first-order valence-corrected chi connectivity index (χ1v) is 6.28. The van der Waals surface area contributed by atoms with Gasteiger partial charge in [-0.25, -0.2) is 4.39 Å². The molecule has 1 aromatic rings. The molecule has 1 saturated heterocycles. The maximum absolute atomic E-state index is 13.4. The number of alkyl halides is 1. The molecule has 0 aliphatic carbocycles. The molecule has 0 radical (unpaired) electrons. The second-order valence-electron chi connectivity index (χ2n) is 5.39. The van der Waals surface area contributed by atoms with Gasteiger partial charge >= 0.3 is 0 Å². The van der Waals surface area contributed by atoms with Crippen LogP contribution in [0.3, 0.4) is 0 Å². The Morgan fingerprint density at radius 3 is 2.94 bits per heavy atom. The standard InChI is InChI=1S/C14H21FN2/c1-14(2,15)10-17-13-5-3-4-11(8-13)12-6-7-16-9-12/h3-5,8,12,16-17H,6-7,9-10H2,1-2H3. The van der Waals surface area contributed by atoms with Gasteiger partial charge in [0.05, 0.1) is 0 Å². The van der Waals surface area contributed by atoms with Crippen molar-refractivity contribution in [3.05, 3.63) is 29.8 Å². The molecule has 2 rings (SSSR count). The Bertz CT molecular complexity index is 365. The third-order valence-corrected chi connectivity index (χ3v) is 3.13. The molecule has 1 heterocycles. The first-order valence-electron chi connectivity index (χ1n) is 6.28. The second kappa shape index (κ2) is 5.05. The Kier molecular flexibility index (Phi) is 3.67. The van der Waals surface area contributed by atoms with Crippen molar-refractivity contribution in [3.8, 4) is 0 Å². The predicted octanol–water partition coefficient (Wildman–Crippen LogP) is 2.92. The van der Waals surface area contributed by atoms with Crippen LogP contribution < -0.4 is 10.6 Å². The monoisotopic (exact) mass is 236 g/mol. The zero-order valence-corrected chi connectivity index (χ0v) is 10.6. The van der Waals surface area contributed by atoms with E-state index in [2.05, 4.69) is 22.8 Å². The van der Waals surface area contributed by atoms with Crippen LogP contribution in [0, 0.1) is 0 Å². The van der Waals surface area contributed by atoms with Gasteiger partial charge in [0.15, 0.2) is 0 Å². The van der Waals surface area contributed by atoms with E-state index in [4.69, 9.17) is 0 Å². The maximum Gasteiger partial charge on any atom is 0.122 e. The Hall–Kier alpha value is -1.09. The minimum absolute atomic E-state index is 0.347. The Balaban J connectivity index is 2.01. The Morgan fingerprint density at radius 1 is 1.47 bits per heavy atom. The van der Waals surface area contributed by atoms with Crippen LogP contribution in [0.5, 0.6) is 0 Å². The van der Waals surface area contributed by atoms with Crippen molar-refractivity contribution in [3.63, 3.8) is 0 Å². The number of hydrogen-bond acceptors (Lipinski definition) is 2. The fourth-order valence-electron chi connectivity index (χ4n) is 2.15. The number of halogens is 1. The highest BCUT2D eigenvalue weighted by atomic mass is 19.1. The van der Waals surface area contributed by atoms with E-state index in [1.807, 2.05) is 12.1 Å². The third-order valence-electron chi connectivity index (χ3n) is 3.13. The van der Waals surface area contributed by atoms with E-state index in [1.165, 1.54) is 12.0 Å². The summed E-state index contributed by atoms with van der Waals surface area (Å²) in [6, 6.07) is 8.34. The van der Waals surface area contributed by atoms with Crippen LogP contribution in [0.15, 0.2) is 24.3 Å². The Morgan fingerprint density at radius 2 is 2.29 bits per heavy atom. The minimum atomic E-state index is -1.18. The molecule has 2 nitrogen and oxygen atoms in total. The van der Waals surface area contributed by atoms with Crippen LogP contribution in [-0.2, 0) is 0 Å². The SMILES string of the molecule is CC(C)(F)CNc1cccc(C2CCNC2)c1. The molecule has 1 unspecified atom stereocenters. The van der Waals surface area contributed by atoms with Crippen molar-refractivity contribution in [1.29, 1.82) is 0 Å². The van der Waals surface area contributed by atoms with Crippen LogP contribution >= 0.6 is 0 Å². The van der Waals surface area contributed by atoms with Gasteiger partial charge in [0.2, 0.25) is 0 Å². The summed E-state index contributed by atoms with van der Waals surface area (Å²) in [7, 11) is 0. The van der Waals surface area contributed by atoms with Crippen LogP contribution in [0.2, 0.25) is 0 Å². The number of rotatable bonds is 4. The molecule has 0 amide bonds. The average molecular weight is 236 g/mol. The molecule has 17 heavy (non-hydrogen) atoms. The van der Waals surface area contributed by atoms with Gasteiger partial charge < -0.3 is 10.6 Å². The van der Waals surface area contributed by atoms with Crippen LogP contribution in [0.25, 0.3) is 0 Å². The lowest BCUT2D eigenvalue weighted by molar-refractivity contribution is 0.235. The average Bonchev–Trinajstić information content (AvgIpc) is 2.79. The summed E-state index contributed by atoms with van der Waals surface area (Å²) in [5.74, 6) is 0.607. The summed E-state index contributed by atoms with van der Waals surface area (Å²) >= 11 is 0. The summed E-state index contributed by atoms with van der Waals surface area (Å²) < 4.78 is 13.4. The molecule has 2 N–H and O–H groups in total. The maximum atomic E-state index is 13.4. The summed E-state index contributed by atoms with van der Waals surface area (Å²) in [6.07, 6.45) is 1.19. The molecule has 0 aromatic heterocycles. The van der Waals surface area contributed by atoms with Crippen molar-refractivity contribution < 1.29 is 4.39 Å². The molecule has 0 bridgehead atoms. The van der Waals surface area contributed by atoms with Crippen molar-refractivity contribution in [1.82, 2.24) is 5.32 Å². The zero-order valence-electron chi connectivity index (χ0n) is 10.6. The lowest BCUT2D eigenvalue weighted by Gasteiger charge is -2.17. The van der Waals surface area contributed by atoms with E-state index in [0.29, 0.717) is 12.5 Å². The summed E-state index contributed by atoms with van der Waals surface area (Å²) in [5, 5.41) is 6.52. The molecule has 3 heteroatoms. The number of anilines is 1. The van der Waals surface area contributed by atoms with Crippen LogP contribution in [0.4, 0.5) is 10.1 Å². The molecule has 1 atom stereocenters. The third kappa shape index (κ3) is 3.70. The number of benzene rings is 1. The number of nitrogens with one attached hydrogen (secondary N) is 2. The normalized spacial score (nSPS) is 20.5. The smallest absolute Gasteiger partial charge is 0.122 e. The first kappa shape index (κ1) is 12.4. The van der Waals surface area contributed by atoms with Gasteiger partial charge in [0.25, 0.3) is 0 Å². The first-order chi connectivity index (χ1) is 8.04. The highest BCUT2D eigenvalue weighted by Crippen LogP contribution is 2.24. The fraction of sp³-hybridized carbons (Fsp3) is 0.571. The van der Waals surface area contributed by atoms with E-state index >= 15 is 0 Å². The lowest BCUT2D eigenvalue weighted by atomic mass is 9.98. The molecular formula is C14H21FN2. The largest absolute Gasteiger partial charge is 0.382 e. The summed E-state index contributed by atoms with van der Waals surface area (Å²) in [6.45, 7) is 5.67. The minimum Gasteiger partial charge on any atom is -0.382 e. The van der Waals surface area contributed by atoms with Gasteiger partial charge in [-0.15, -0.1) is 0 Å². The zero-order chi connectivity index (χ0) is 12.3. The van der Waals surface area contributed by atoms with Gasteiger partial charge in [-0.05, 0) is 50.4 Å². The molecule has 1 aliphatic heterocycles. The molecule has 1 aromatic carbocycles. The van der Waals surface area contributed by atoms with Gasteiger partial charge in [0, 0.05) is 18.8 Å². The topological polar surface area (TPSA) is 24.1 Å². The van der Waals surface area contributed by atoms with Gasteiger partial charge in [-0.3, -0.25) is 0 Å². The second-order valence-corrected chi connectivity index (χ2v) is 5.39. The molecule has 1 aliphatic rings. The van der Waals surface area contributed by atoms with Crippen molar-refractivity contribution >= 4 is 5.69 Å². The van der Waals surface area contributed by atoms with Gasteiger partial charge in [0.1, 0.15) is 5.67 Å². The lowest BCUT2D eigenvalue weighted by Crippen LogP contribution is -2.24. The fourth-order valence-corrected chi connectivity index (χ4v) is 2.15. The van der Waals surface area contributed by atoms with E-state index in [9.17, 15) is 4.39 Å². The predicted molar refractivity (Wildman–Crippen MR) is 70.3 cm³/mol. The van der Waals surface area contributed by atoms with E-state index < -0.39 is 5.67 Å². The van der Waals surface area contributed by atoms with Crippen LogP contribution in [0.1, 0.15) is 31.7 Å². The van der Waals surface area contributed by atoms with Crippen LogP contribution in [-0.4, -0.2) is 25.3 Å². The molecule has 0 spiro atoms. The molecule has 0 saturated carbocycles. The van der Waals surface area contributed by atoms with E-state index in [-0.39, 0.29) is 0 Å². The number of hydrogen-bond donors (Lipinski definition) is 2. The van der Waals surface area contributed by atoms with Gasteiger partial charge in [-0.1, -0.05) is 12.1 Å². The summed E-state index contributed by atoms with van der Waals surface area (Å²) in [5.41, 5.74) is 1.18. The van der Waals surface area contributed by atoms with E-state index in [0.717, 1.165) is 18.8 Å². The van der Waals surface area contributed by atoms with E-state index in [1.54, 1.807) is 13.8 Å².